The van der Waals surface area contributed by atoms with Crippen LogP contribution in [0.3, 0.4) is 0 Å². The topological polar surface area (TPSA) is 117 Å². The maximum Gasteiger partial charge on any atom is 0.293 e. The van der Waals surface area contributed by atoms with Gasteiger partial charge in [-0.15, -0.1) is 0 Å². The molecule has 2 aromatic heterocycles. The molecule has 24 heavy (non-hydrogen) atoms. The van der Waals surface area contributed by atoms with Gasteiger partial charge in [0.05, 0.1) is 0 Å². The summed E-state index contributed by atoms with van der Waals surface area (Å²) in [6.07, 6.45) is 2.84. The number of rotatable bonds is 7. The number of H-pyrrole nitrogens is 1. The zero-order chi connectivity index (χ0) is 17.5. The molecular weight excluding hydrogens is 312 g/mol. The first-order valence-corrected chi connectivity index (χ1v) is 7.73. The summed E-state index contributed by atoms with van der Waals surface area (Å²) < 4.78 is 4.78. The Morgan fingerprint density at radius 2 is 1.96 bits per heavy atom. The van der Waals surface area contributed by atoms with Gasteiger partial charge in [0.1, 0.15) is 17.0 Å². The number of carbonyl (C=O) groups is 2. The Hall–Kier alpha value is -2.90. The molecule has 0 saturated carbocycles. The van der Waals surface area contributed by atoms with Gasteiger partial charge in [0, 0.05) is 19.3 Å². The lowest BCUT2D eigenvalue weighted by atomic mass is 10.1. The largest absolute Gasteiger partial charge is 0.383 e. The van der Waals surface area contributed by atoms with Gasteiger partial charge in [0.15, 0.2) is 0 Å². The van der Waals surface area contributed by atoms with Crippen molar-refractivity contribution >= 4 is 11.8 Å². The van der Waals surface area contributed by atoms with Crippen molar-refractivity contribution in [1.82, 2.24) is 20.8 Å². The summed E-state index contributed by atoms with van der Waals surface area (Å²) in [6.45, 7) is 4.21. The van der Waals surface area contributed by atoms with Gasteiger partial charge in [-0.25, -0.2) is 0 Å². The molecule has 0 bridgehead atoms. The number of hydrogen-bond donors (Lipinski definition) is 3. The minimum Gasteiger partial charge on any atom is -0.383 e. The first-order chi connectivity index (χ1) is 11.5. The summed E-state index contributed by atoms with van der Waals surface area (Å²) in [5.74, 6) is -0.485. The van der Waals surface area contributed by atoms with Crippen LogP contribution in [0.2, 0.25) is 0 Å². The van der Waals surface area contributed by atoms with E-state index in [-0.39, 0.29) is 17.2 Å². The number of pyridine rings is 1. The molecule has 2 rings (SSSR count). The van der Waals surface area contributed by atoms with E-state index in [1.807, 2.05) is 13.0 Å². The highest BCUT2D eigenvalue weighted by Crippen LogP contribution is 2.05. The summed E-state index contributed by atoms with van der Waals surface area (Å²) in [7, 11) is 0. The Morgan fingerprint density at radius 3 is 2.58 bits per heavy atom. The molecule has 2 aromatic rings. The van der Waals surface area contributed by atoms with Crippen LogP contribution in [0.1, 0.15) is 45.5 Å². The highest BCUT2D eigenvalue weighted by Gasteiger charge is 2.16. The molecule has 2 heterocycles. The van der Waals surface area contributed by atoms with Crippen LogP contribution in [-0.2, 0) is 6.42 Å². The molecule has 0 fully saturated rings. The highest BCUT2D eigenvalue weighted by molar-refractivity contribution is 5.94. The normalized spacial score (nSPS) is 10.4. The van der Waals surface area contributed by atoms with Crippen LogP contribution in [0.25, 0.3) is 0 Å². The van der Waals surface area contributed by atoms with Crippen LogP contribution in [0.4, 0.5) is 0 Å². The summed E-state index contributed by atoms with van der Waals surface area (Å²) in [6, 6.07) is 3.66. The number of aromatic amines is 1. The number of aryl methyl sites for hydroxylation is 2. The fraction of sp³-hybridized carbons (Fsp3) is 0.375. The van der Waals surface area contributed by atoms with Crippen molar-refractivity contribution in [3.63, 3.8) is 0 Å². The van der Waals surface area contributed by atoms with Crippen LogP contribution >= 0.6 is 0 Å². The van der Waals surface area contributed by atoms with Gasteiger partial charge >= 0.3 is 0 Å². The Morgan fingerprint density at radius 1 is 1.25 bits per heavy atom. The smallest absolute Gasteiger partial charge is 0.293 e. The van der Waals surface area contributed by atoms with E-state index in [0.717, 1.165) is 12.0 Å². The van der Waals surface area contributed by atoms with Gasteiger partial charge in [0.2, 0.25) is 0 Å². The quantitative estimate of drug-likeness (QED) is 0.648. The van der Waals surface area contributed by atoms with Crippen molar-refractivity contribution < 1.29 is 14.1 Å². The second kappa shape index (κ2) is 8.09. The fourth-order valence-electron chi connectivity index (χ4n) is 2.24. The molecule has 0 unspecified atom stereocenters. The third kappa shape index (κ3) is 4.09. The predicted octanol–water partition coefficient (Wildman–Crippen LogP) is 0.784. The minimum absolute atomic E-state index is 0.0277. The van der Waals surface area contributed by atoms with Crippen molar-refractivity contribution in [2.45, 2.75) is 26.7 Å². The zero-order valence-electron chi connectivity index (χ0n) is 13.6. The lowest BCUT2D eigenvalue weighted by molar-refractivity contribution is 0.0947. The van der Waals surface area contributed by atoms with Gasteiger partial charge in [0.25, 0.3) is 17.4 Å². The van der Waals surface area contributed by atoms with Crippen LogP contribution in [0.15, 0.2) is 27.6 Å². The maximum absolute atomic E-state index is 12.1. The SMILES string of the molecule is CCc1cccnc1C(=O)NCCCNC(=O)c1c(C)o[nH]c1=O. The molecule has 0 aliphatic rings. The third-order valence-corrected chi connectivity index (χ3v) is 3.51. The number of hydrogen-bond acceptors (Lipinski definition) is 5. The predicted molar refractivity (Wildman–Crippen MR) is 87.0 cm³/mol. The van der Waals surface area contributed by atoms with Crippen LogP contribution < -0.4 is 16.2 Å². The Balaban J connectivity index is 1.76. The van der Waals surface area contributed by atoms with Crippen molar-refractivity contribution in [3.8, 4) is 0 Å². The van der Waals surface area contributed by atoms with E-state index in [1.54, 1.807) is 12.3 Å². The van der Waals surface area contributed by atoms with Crippen LogP contribution in [-0.4, -0.2) is 35.0 Å². The summed E-state index contributed by atoms with van der Waals surface area (Å²) in [4.78, 5) is 39.4. The highest BCUT2D eigenvalue weighted by atomic mass is 16.5. The lowest BCUT2D eigenvalue weighted by Crippen LogP contribution is -2.32. The molecule has 0 spiro atoms. The van der Waals surface area contributed by atoms with Crippen LogP contribution in [0, 0.1) is 6.92 Å². The molecule has 0 aliphatic heterocycles. The number of amides is 2. The number of carbonyl (C=O) groups excluding carboxylic acids is 2. The summed E-state index contributed by atoms with van der Waals surface area (Å²) in [5.41, 5.74) is 0.725. The first-order valence-electron chi connectivity index (χ1n) is 7.73. The molecule has 0 aliphatic carbocycles. The molecule has 2 amide bonds. The van der Waals surface area contributed by atoms with E-state index in [9.17, 15) is 14.4 Å². The Kier molecular flexibility index (Phi) is 5.89. The Labute approximate surface area is 138 Å². The second-order valence-corrected chi connectivity index (χ2v) is 5.19. The van der Waals surface area contributed by atoms with E-state index >= 15 is 0 Å². The van der Waals surface area contributed by atoms with Gasteiger partial charge in [-0.3, -0.25) is 19.4 Å². The van der Waals surface area contributed by atoms with E-state index in [4.69, 9.17) is 4.52 Å². The Bertz CT molecular complexity index is 778. The average Bonchev–Trinajstić information content (AvgIpc) is 2.92. The molecule has 8 nitrogen and oxygen atoms in total. The van der Waals surface area contributed by atoms with Gasteiger partial charge < -0.3 is 15.2 Å². The molecule has 0 radical (unpaired) electrons. The summed E-state index contributed by atoms with van der Waals surface area (Å²) in [5, 5.41) is 7.49. The van der Waals surface area contributed by atoms with Crippen LogP contribution in [0.5, 0.6) is 0 Å². The standard InChI is InChI=1S/C16H20N4O4/c1-3-11-6-4-7-17-13(11)16(23)19-9-5-8-18-14(21)12-10(2)24-20-15(12)22/h4,6-7H,3,5,8-9H2,1-2H3,(H,18,21)(H,19,23)(H,20,22). The fourth-order valence-corrected chi connectivity index (χ4v) is 2.24. The molecular formula is C16H20N4O4. The van der Waals surface area contributed by atoms with Crippen molar-refractivity contribution in [1.29, 1.82) is 0 Å². The first kappa shape index (κ1) is 17.5. The molecule has 0 atom stereocenters. The lowest BCUT2D eigenvalue weighted by Gasteiger charge is -2.08. The molecule has 0 saturated heterocycles. The minimum atomic E-state index is -0.555. The van der Waals surface area contributed by atoms with Gasteiger partial charge in [-0.2, -0.15) is 5.16 Å². The monoisotopic (exact) mass is 332 g/mol. The van der Waals surface area contributed by atoms with Crippen molar-refractivity contribution in [2.24, 2.45) is 0 Å². The van der Waals surface area contributed by atoms with Crippen molar-refractivity contribution in [3.05, 3.63) is 51.3 Å². The zero-order valence-corrected chi connectivity index (χ0v) is 13.6. The van der Waals surface area contributed by atoms with E-state index in [2.05, 4.69) is 20.8 Å². The average molecular weight is 332 g/mol. The number of aromatic nitrogens is 2. The van der Waals surface area contributed by atoms with E-state index in [1.165, 1.54) is 6.92 Å². The van der Waals surface area contributed by atoms with Gasteiger partial charge in [-0.05, 0) is 31.4 Å². The summed E-state index contributed by atoms with van der Waals surface area (Å²) >= 11 is 0. The maximum atomic E-state index is 12.1. The molecule has 3 N–H and O–H groups in total. The van der Waals surface area contributed by atoms with Gasteiger partial charge in [-0.1, -0.05) is 13.0 Å². The number of nitrogens with one attached hydrogen (secondary N) is 3. The second-order valence-electron chi connectivity index (χ2n) is 5.19. The number of nitrogens with zero attached hydrogens (tertiary/aromatic N) is 1. The molecule has 128 valence electrons. The van der Waals surface area contributed by atoms with E-state index in [0.29, 0.717) is 25.2 Å². The van der Waals surface area contributed by atoms with Crippen molar-refractivity contribution in [2.75, 3.05) is 13.1 Å². The van der Waals surface area contributed by atoms with E-state index < -0.39 is 11.5 Å². The third-order valence-electron chi connectivity index (χ3n) is 3.51. The molecule has 8 heteroatoms. The molecule has 0 aromatic carbocycles.